The first-order valence-electron chi connectivity index (χ1n) is 6.78. The largest absolute Gasteiger partial charge is 0.497 e. The lowest BCUT2D eigenvalue weighted by atomic mass is 9.90. The first kappa shape index (κ1) is 14.9. The Morgan fingerprint density at radius 1 is 1.19 bits per heavy atom. The second kappa shape index (κ2) is 6.75. The maximum absolute atomic E-state index is 11.8. The van der Waals surface area contributed by atoms with Gasteiger partial charge in [-0.2, -0.15) is 0 Å². The fraction of sp³-hybridized carbons (Fsp3) is 0.167. The van der Waals surface area contributed by atoms with E-state index in [1.54, 1.807) is 20.2 Å². The standard InChI is InChI=1S/C18H19NO2/c1-4-17(14-8-6-10-16(12-14)21-3)13-7-5-9-15(11-13)18(20)19-2/h4-12,17H,1H2,2-3H3,(H,19,20). The maximum Gasteiger partial charge on any atom is 0.251 e. The van der Waals surface area contributed by atoms with Crippen molar-refractivity contribution in [2.75, 3.05) is 14.2 Å². The molecule has 0 aliphatic rings. The van der Waals surface area contributed by atoms with Crippen molar-refractivity contribution in [1.82, 2.24) is 5.32 Å². The van der Waals surface area contributed by atoms with E-state index in [0.29, 0.717) is 5.56 Å². The number of hydrogen-bond acceptors (Lipinski definition) is 2. The number of methoxy groups -OCH3 is 1. The normalized spacial score (nSPS) is 11.5. The summed E-state index contributed by atoms with van der Waals surface area (Å²) >= 11 is 0. The Morgan fingerprint density at radius 2 is 1.86 bits per heavy atom. The quantitative estimate of drug-likeness (QED) is 0.853. The van der Waals surface area contributed by atoms with E-state index in [1.807, 2.05) is 48.5 Å². The van der Waals surface area contributed by atoms with Crippen LogP contribution in [0, 0.1) is 0 Å². The topological polar surface area (TPSA) is 38.3 Å². The first-order valence-corrected chi connectivity index (χ1v) is 6.78. The molecule has 0 saturated heterocycles. The fourth-order valence-electron chi connectivity index (χ4n) is 2.32. The molecule has 0 aromatic heterocycles. The summed E-state index contributed by atoms with van der Waals surface area (Å²) in [5.74, 6) is 0.733. The summed E-state index contributed by atoms with van der Waals surface area (Å²) in [5.41, 5.74) is 2.75. The molecule has 1 atom stereocenters. The van der Waals surface area contributed by atoms with Crippen molar-refractivity contribution in [3.8, 4) is 5.75 Å². The molecule has 108 valence electrons. The molecule has 2 aromatic rings. The predicted molar refractivity (Wildman–Crippen MR) is 84.9 cm³/mol. The van der Waals surface area contributed by atoms with Gasteiger partial charge in [-0.1, -0.05) is 30.3 Å². The monoisotopic (exact) mass is 281 g/mol. The molecule has 1 N–H and O–H groups in total. The van der Waals surface area contributed by atoms with Crippen molar-refractivity contribution in [3.63, 3.8) is 0 Å². The van der Waals surface area contributed by atoms with Gasteiger partial charge in [0.2, 0.25) is 0 Å². The number of carbonyl (C=O) groups excluding carboxylic acids is 1. The molecule has 0 spiro atoms. The van der Waals surface area contributed by atoms with E-state index in [1.165, 1.54) is 0 Å². The molecule has 0 radical (unpaired) electrons. The zero-order valence-corrected chi connectivity index (χ0v) is 12.3. The second-order valence-corrected chi connectivity index (χ2v) is 4.69. The summed E-state index contributed by atoms with van der Waals surface area (Å²) in [6.07, 6.45) is 1.87. The van der Waals surface area contributed by atoms with Gasteiger partial charge in [-0.05, 0) is 35.4 Å². The number of rotatable bonds is 5. The first-order chi connectivity index (χ1) is 10.2. The van der Waals surface area contributed by atoms with E-state index in [0.717, 1.165) is 16.9 Å². The van der Waals surface area contributed by atoms with Crippen LogP contribution in [-0.4, -0.2) is 20.1 Å². The van der Waals surface area contributed by atoms with Gasteiger partial charge in [-0.25, -0.2) is 0 Å². The van der Waals surface area contributed by atoms with E-state index in [9.17, 15) is 4.79 Å². The molecular formula is C18H19NO2. The molecule has 0 heterocycles. The van der Waals surface area contributed by atoms with E-state index in [2.05, 4.69) is 11.9 Å². The third-order valence-electron chi connectivity index (χ3n) is 3.42. The lowest BCUT2D eigenvalue weighted by Gasteiger charge is -2.15. The summed E-state index contributed by atoms with van der Waals surface area (Å²) in [5, 5.41) is 2.64. The van der Waals surface area contributed by atoms with Crippen LogP contribution in [0.5, 0.6) is 5.75 Å². The lowest BCUT2D eigenvalue weighted by Crippen LogP contribution is -2.18. The molecule has 3 nitrogen and oxygen atoms in total. The number of benzene rings is 2. The number of amides is 1. The van der Waals surface area contributed by atoms with Crippen LogP contribution in [0.25, 0.3) is 0 Å². The number of nitrogens with one attached hydrogen (secondary N) is 1. The second-order valence-electron chi connectivity index (χ2n) is 4.69. The molecule has 0 aliphatic carbocycles. The average Bonchev–Trinajstić information content (AvgIpc) is 2.55. The molecule has 21 heavy (non-hydrogen) atoms. The smallest absolute Gasteiger partial charge is 0.251 e. The Bertz CT molecular complexity index is 649. The van der Waals surface area contributed by atoms with Crippen LogP contribution in [-0.2, 0) is 0 Å². The summed E-state index contributed by atoms with van der Waals surface area (Å²) < 4.78 is 5.27. The van der Waals surface area contributed by atoms with Crippen molar-refractivity contribution < 1.29 is 9.53 Å². The van der Waals surface area contributed by atoms with Crippen LogP contribution in [0.3, 0.4) is 0 Å². The minimum Gasteiger partial charge on any atom is -0.497 e. The molecule has 0 fully saturated rings. The van der Waals surface area contributed by atoms with Gasteiger partial charge in [-0.3, -0.25) is 4.79 Å². The zero-order chi connectivity index (χ0) is 15.2. The molecule has 0 aliphatic heterocycles. The minimum absolute atomic E-state index is 0.0182. The van der Waals surface area contributed by atoms with Crippen LogP contribution in [0.15, 0.2) is 61.2 Å². The number of allylic oxidation sites excluding steroid dienone is 1. The van der Waals surface area contributed by atoms with Crippen LogP contribution in [0.4, 0.5) is 0 Å². The minimum atomic E-state index is -0.0923. The summed E-state index contributed by atoms with van der Waals surface area (Å²) in [7, 11) is 3.27. The summed E-state index contributed by atoms with van der Waals surface area (Å²) in [4.78, 5) is 11.8. The van der Waals surface area contributed by atoms with Gasteiger partial charge in [0.1, 0.15) is 5.75 Å². The Kier molecular flexibility index (Phi) is 4.77. The fourth-order valence-corrected chi connectivity index (χ4v) is 2.32. The van der Waals surface area contributed by atoms with Gasteiger partial charge in [0.05, 0.1) is 7.11 Å². The molecule has 1 amide bonds. The number of carbonyl (C=O) groups is 1. The van der Waals surface area contributed by atoms with E-state index in [-0.39, 0.29) is 11.8 Å². The van der Waals surface area contributed by atoms with E-state index >= 15 is 0 Å². The van der Waals surface area contributed by atoms with Gasteiger partial charge in [0.15, 0.2) is 0 Å². The van der Waals surface area contributed by atoms with Gasteiger partial charge < -0.3 is 10.1 Å². The molecule has 2 rings (SSSR count). The average molecular weight is 281 g/mol. The highest BCUT2D eigenvalue weighted by molar-refractivity contribution is 5.94. The van der Waals surface area contributed by atoms with Crippen LogP contribution < -0.4 is 10.1 Å². The van der Waals surface area contributed by atoms with Crippen LogP contribution in [0.2, 0.25) is 0 Å². The Labute approximate surface area is 125 Å². The van der Waals surface area contributed by atoms with Crippen LogP contribution in [0.1, 0.15) is 27.4 Å². The van der Waals surface area contributed by atoms with E-state index < -0.39 is 0 Å². The number of hydrogen-bond donors (Lipinski definition) is 1. The highest BCUT2D eigenvalue weighted by Crippen LogP contribution is 2.28. The Morgan fingerprint density at radius 3 is 2.48 bits per heavy atom. The van der Waals surface area contributed by atoms with Crippen molar-refractivity contribution in [1.29, 1.82) is 0 Å². The van der Waals surface area contributed by atoms with Crippen molar-refractivity contribution in [2.24, 2.45) is 0 Å². The van der Waals surface area contributed by atoms with Crippen molar-refractivity contribution in [2.45, 2.75) is 5.92 Å². The van der Waals surface area contributed by atoms with Crippen LogP contribution >= 0.6 is 0 Å². The molecule has 1 unspecified atom stereocenters. The highest BCUT2D eigenvalue weighted by Gasteiger charge is 2.13. The highest BCUT2D eigenvalue weighted by atomic mass is 16.5. The lowest BCUT2D eigenvalue weighted by molar-refractivity contribution is 0.0963. The van der Waals surface area contributed by atoms with Crippen molar-refractivity contribution >= 4 is 5.91 Å². The third kappa shape index (κ3) is 3.31. The molecule has 3 heteroatoms. The molecule has 0 bridgehead atoms. The van der Waals surface area contributed by atoms with Gasteiger partial charge in [0.25, 0.3) is 5.91 Å². The van der Waals surface area contributed by atoms with Gasteiger partial charge in [-0.15, -0.1) is 6.58 Å². The number of ether oxygens (including phenoxy) is 1. The molecule has 2 aromatic carbocycles. The maximum atomic E-state index is 11.8. The Balaban J connectivity index is 2.41. The zero-order valence-electron chi connectivity index (χ0n) is 12.3. The molecule has 0 saturated carbocycles. The third-order valence-corrected chi connectivity index (χ3v) is 3.42. The van der Waals surface area contributed by atoms with Gasteiger partial charge in [0, 0.05) is 18.5 Å². The predicted octanol–water partition coefficient (Wildman–Crippen LogP) is 3.37. The van der Waals surface area contributed by atoms with Gasteiger partial charge >= 0.3 is 0 Å². The summed E-state index contributed by atoms with van der Waals surface area (Å²) in [6.45, 7) is 3.92. The Hall–Kier alpha value is -2.55. The van der Waals surface area contributed by atoms with Crippen molar-refractivity contribution in [3.05, 3.63) is 77.9 Å². The molecular weight excluding hydrogens is 262 g/mol. The SMILES string of the molecule is C=CC(c1cccc(OC)c1)c1cccc(C(=O)NC)c1. The van der Waals surface area contributed by atoms with E-state index in [4.69, 9.17) is 4.74 Å². The summed E-state index contributed by atoms with van der Waals surface area (Å²) in [6, 6.07) is 15.5.